The maximum absolute atomic E-state index is 12.2. The Labute approximate surface area is 123 Å². The Morgan fingerprint density at radius 3 is 2.67 bits per heavy atom. The highest BCUT2D eigenvalue weighted by Gasteiger charge is 2.11. The number of rotatable bonds is 3. The smallest absolute Gasteiger partial charge is 0.255 e. The fourth-order valence-electron chi connectivity index (χ4n) is 2.47. The molecular formula is C17H16N2O2. The summed E-state index contributed by atoms with van der Waals surface area (Å²) in [6.45, 7) is 1.84. The highest BCUT2D eigenvalue weighted by Crippen LogP contribution is 2.19. The lowest BCUT2D eigenvalue weighted by Gasteiger charge is -2.18. The van der Waals surface area contributed by atoms with Crippen LogP contribution in [-0.2, 0) is 13.0 Å². The Hall–Kier alpha value is -2.46. The van der Waals surface area contributed by atoms with Crippen molar-refractivity contribution in [2.45, 2.75) is 13.0 Å². The predicted molar refractivity (Wildman–Crippen MR) is 81.6 cm³/mol. The molecule has 1 amide bonds. The second-order valence-corrected chi connectivity index (χ2v) is 5.10. The minimum Gasteiger partial charge on any atom is -0.322 e. The van der Waals surface area contributed by atoms with Gasteiger partial charge in [-0.05, 0) is 48.4 Å². The lowest BCUT2D eigenvalue weighted by molar-refractivity contribution is 0.102. The first-order chi connectivity index (χ1) is 10.3. The van der Waals surface area contributed by atoms with E-state index in [1.54, 1.807) is 24.3 Å². The lowest BCUT2D eigenvalue weighted by atomic mass is 10.0. The van der Waals surface area contributed by atoms with Crippen molar-refractivity contribution in [3.8, 4) is 0 Å². The van der Waals surface area contributed by atoms with Gasteiger partial charge in [0.25, 0.3) is 5.91 Å². The van der Waals surface area contributed by atoms with E-state index >= 15 is 0 Å². The van der Waals surface area contributed by atoms with Crippen LogP contribution in [-0.4, -0.2) is 18.7 Å². The van der Waals surface area contributed by atoms with Crippen LogP contribution in [0.2, 0.25) is 0 Å². The van der Waals surface area contributed by atoms with E-state index in [2.05, 4.69) is 16.7 Å². The van der Waals surface area contributed by atoms with E-state index in [9.17, 15) is 9.59 Å². The van der Waals surface area contributed by atoms with Crippen LogP contribution >= 0.6 is 0 Å². The van der Waals surface area contributed by atoms with E-state index in [0.29, 0.717) is 11.1 Å². The minimum absolute atomic E-state index is 0.170. The molecule has 106 valence electrons. The normalized spacial score (nSPS) is 13.3. The number of benzene rings is 2. The van der Waals surface area contributed by atoms with Crippen molar-refractivity contribution in [3.63, 3.8) is 0 Å². The van der Waals surface area contributed by atoms with Crippen molar-refractivity contribution >= 4 is 17.9 Å². The summed E-state index contributed by atoms with van der Waals surface area (Å²) in [6.07, 6.45) is 1.79. The lowest BCUT2D eigenvalue weighted by Crippen LogP contribution is -2.23. The van der Waals surface area contributed by atoms with E-state index in [0.717, 1.165) is 31.5 Å². The molecule has 0 aliphatic carbocycles. The molecule has 21 heavy (non-hydrogen) atoms. The largest absolute Gasteiger partial charge is 0.322 e. The van der Waals surface area contributed by atoms with E-state index in [1.165, 1.54) is 11.1 Å². The zero-order valence-electron chi connectivity index (χ0n) is 11.6. The molecule has 0 atom stereocenters. The van der Waals surface area contributed by atoms with Crippen molar-refractivity contribution < 1.29 is 9.59 Å². The molecule has 0 saturated heterocycles. The van der Waals surface area contributed by atoms with Gasteiger partial charge >= 0.3 is 0 Å². The molecule has 4 heteroatoms. The third kappa shape index (κ3) is 3.01. The van der Waals surface area contributed by atoms with Crippen molar-refractivity contribution in [1.29, 1.82) is 0 Å². The average Bonchev–Trinajstić information content (AvgIpc) is 2.55. The van der Waals surface area contributed by atoms with Gasteiger partial charge in [0.15, 0.2) is 0 Å². The van der Waals surface area contributed by atoms with Crippen LogP contribution in [0.4, 0.5) is 5.69 Å². The van der Waals surface area contributed by atoms with Crippen LogP contribution in [0.5, 0.6) is 0 Å². The number of carbonyl (C=O) groups excluding carboxylic acids is 2. The number of nitrogens with one attached hydrogen (secondary N) is 2. The monoisotopic (exact) mass is 280 g/mol. The summed E-state index contributed by atoms with van der Waals surface area (Å²) < 4.78 is 0. The topological polar surface area (TPSA) is 58.2 Å². The molecule has 2 aromatic carbocycles. The predicted octanol–water partition coefficient (Wildman–Crippen LogP) is 2.40. The molecule has 4 nitrogen and oxygen atoms in total. The Balaban J connectivity index is 1.76. The van der Waals surface area contributed by atoms with Gasteiger partial charge in [-0.2, -0.15) is 0 Å². The second-order valence-electron chi connectivity index (χ2n) is 5.10. The standard InChI is InChI=1S/C17H16N2O2/c20-11-12-1-3-14(4-2-12)17(21)19-16-6-5-13-7-8-18-10-15(13)9-16/h1-6,9,11,18H,7-8,10H2,(H,19,21). The average molecular weight is 280 g/mol. The van der Waals surface area contributed by atoms with Gasteiger partial charge in [0.1, 0.15) is 6.29 Å². The SMILES string of the molecule is O=Cc1ccc(C(=O)Nc2ccc3c(c2)CNCC3)cc1. The molecule has 0 saturated carbocycles. The third-order valence-electron chi connectivity index (χ3n) is 3.66. The molecule has 0 fully saturated rings. The van der Waals surface area contributed by atoms with Gasteiger partial charge in [0, 0.05) is 23.4 Å². The number of hydrogen-bond acceptors (Lipinski definition) is 3. The van der Waals surface area contributed by atoms with Crippen LogP contribution < -0.4 is 10.6 Å². The first-order valence-corrected chi connectivity index (χ1v) is 6.95. The number of fused-ring (bicyclic) bond motifs is 1. The Morgan fingerprint density at radius 1 is 1.10 bits per heavy atom. The zero-order valence-corrected chi connectivity index (χ0v) is 11.6. The van der Waals surface area contributed by atoms with E-state index in [4.69, 9.17) is 0 Å². The molecule has 0 spiro atoms. The van der Waals surface area contributed by atoms with E-state index in [-0.39, 0.29) is 5.91 Å². The highest BCUT2D eigenvalue weighted by atomic mass is 16.1. The summed E-state index contributed by atoms with van der Waals surface area (Å²) in [6, 6.07) is 12.6. The Kier molecular flexibility index (Phi) is 3.79. The van der Waals surface area contributed by atoms with Crippen LogP contribution in [0, 0.1) is 0 Å². The first-order valence-electron chi connectivity index (χ1n) is 6.95. The van der Waals surface area contributed by atoms with Crippen LogP contribution in [0.15, 0.2) is 42.5 Å². The fourth-order valence-corrected chi connectivity index (χ4v) is 2.47. The minimum atomic E-state index is -0.170. The van der Waals surface area contributed by atoms with Gasteiger partial charge in [0.2, 0.25) is 0 Å². The molecule has 1 aliphatic rings. The zero-order chi connectivity index (χ0) is 14.7. The Bertz CT molecular complexity index is 678. The Morgan fingerprint density at radius 2 is 1.90 bits per heavy atom. The summed E-state index contributed by atoms with van der Waals surface area (Å²) in [5.41, 5.74) is 4.46. The molecule has 0 unspecified atom stereocenters. The molecule has 1 aliphatic heterocycles. The summed E-state index contributed by atoms with van der Waals surface area (Å²) in [4.78, 5) is 22.8. The molecule has 0 radical (unpaired) electrons. The summed E-state index contributed by atoms with van der Waals surface area (Å²) in [7, 11) is 0. The summed E-state index contributed by atoms with van der Waals surface area (Å²) in [5.74, 6) is -0.170. The quantitative estimate of drug-likeness (QED) is 0.849. The number of amides is 1. The summed E-state index contributed by atoms with van der Waals surface area (Å²) in [5, 5.41) is 6.21. The van der Waals surface area contributed by atoms with Crippen molar-refractivity contribution in [2.24, 2.45) is 0 Å². The van der Waals surface area contributed by atoms with Crippen molar-refractivity contribution in [3.05, 3.63) is 64.7 Å². The highest BCUT2D eigenvalue weighted by molar-refractivity contribution is 6.04. The van der Waals surface area contributed by atoms with Crippen LogP contribution in [0.3, 0.4) is 0 Å². The van der Waals surface area contributed by atoms with Gasteiger partial charge in [-0.25, -0.2) is 0 Å². The van der Waals surface area contributed by atoms with Gasteiger partial charge in [-0.15, -0.1) is 0 Å². The van der Waals surface area contributed by atoms with E-state index in [1.807, 2.05) is 12.1 Å². The number of anilines is 1. The van der Waals surface area contributed by atoms with Gasteiger partial charge in [0.05, 0.1) is 0 Å². The van der Waals surface area contributed by atoms with Crippen molar-refractivity contribution in [2.75, 3.05) is 11.9 Å². The molecular weight excluding hydrogens is 264 g/mol. The fraction of sp³-hybridized carbons (Fsp3) is 0.176. The first kappa shape index (κ1) is 13.5. The molecule has 1 heterocycles. The van der Waals surface area contributed by atoms with Crippen molar-refractivity contribution in [1.82, 2.24) is 5.32 Å². The molecule has 0 aromatic heterocycles. The maximum Gasteiger partial charge on any atom is 0.255 e. The van der Waals surface area contributed by atoms with Gasteiger partial charge in [-0.1, -0.05) is 18.2 Å². The van der Waals surface area contributed by atoms with Crippen LogP contribution in [0.25, 0.3) is 0 Å². The number of hydrogen-bond donors (Lipinski definition) is 2. The number of carbonyl (C=O) groups is 2. The van der Waals surface area contributed by atoms with Gasteiger partial charge in [-0.3, -0.25) is 9.59 Å². The molecule has 0 bridgehead atoms. The summed E-state index contributed by atoms with van der Waals surface area (Å²) >= 11 is 0. The van der Waals surface area contributed by atoms with Crippen LogP contribution in [0.1, 0.15) is 31.8 Å². The molecule has 2 N–H and O–H groups in total. The third-order valence-corrected chi connectivity index (χ3v) is 3.66. The molecule has 2 aromatic rings. The van der Waals surface area contributed by atoms with E-state index < -0.39 is 0 Å². The maximum atomic E-state index is 12.2. The second kappa shape index (κ2) is 5.89. The number of aldehydes is 1. The van der Waals surface area contributed by atoms with Gasteiger partial charge < -0.3 is 10.6 Å². The molecule has 3 rings (SSSR count).